The third kappa shape index (κ3) is 3.31. The summed E-state index contributed by atoms with van der Waals surface area (Å²) in [6.45, 7) is 0. The molecule has 1 unspecified atom stereocenters. The molecule has 0 aromatic heterocycles. The second-order valence-electron chi connectivity index (χ2n) is 3.92. The zero-order valence-corrected chi connectivity index (χ0v) is 9.73. The van der Waals surface area contributed by atoms with E-state index in [0.717, 1.165) is 11.1 Å². The second-order valence-corrected chi connectivity index (χ2v) is 3.92. The monoisotopic (exact) mass is 243 g/mol. The number of hydrogen-bond acceptors (Lipinski definition) is 3. The highest BCUT2D eigenvalue weighted by atomic mass is 17.0. The first kappa shape index (κ1) is 12.1. The summed E-state index contributed by atoms with van der Waals surface area (Å²) in [5.41, 5.74) is 1.81. The highest BCUT2D eigenvalue weighted by molar-refractivity contribution is 5.22. The van der Waals surface area contributed by atoms with Crippen molar-refractivity contribution in [2.45, 2.75) is 12.5 Å². The minimum Gasteiger partial charge on any atom is -0.305 e. The van der Waals surface area contributed by atoms with Crippen LogP contribution >= 0.6 is 0 Å². The summed E-state index contributed by atoms with van der Waals surface area (Å²) < 4.78 is 0. The van der Waals surface area contributed by atoms with Gasteiger partial charge in [-0.05, 0) is 11.1 Å². The Balaban J connectivity index is 2.18. The Morgan fingerprint density at radius 2 is 1.56 bits per heavy atom. The zero-order valence-electron chi connectivity index (χ0n) is 9.73. The van der Waals surface area contributed by atoms with Crippen molar-refractivity contribution < 1.29 is 9.92 Å². The maximum absolute atomic E-state index is 10.6. The quantitative estimate of drug-likeness (QED) is 0.598. The summed E-state index contributed by atoms with van der Waals surface area (Å²) in [7, 11) is 0. The molecule has 0 heterocycles. The average molecular weight is 243 g/mol. The van der Waals surface area contributed by atoms with Gasteiger partial charge in [0.15, 0.2) is 0 Å². The van der Waals surface area contributed by atoms with Crippen molar-refractivity contribution in [3.8, 4) is 0 Å². The van der Waals surface area contributed by atoms with E-state index in [2.05, 4.69) is 0 Å². The molecule has 4 heteroatoms. The molecule has 4 nitrogen and oxygen atoms in total. The molecular weight excluding hydrogens is 230 g/mol. The molecule has 0 N–H and O–H groups in total. The van der Waals surface area contributed by atoms with Crippen LogP contribution < -0.4 is 0 Å². The molecule has 0 aliphatic rings. The van der Waals surface area contributed by atoms with Crippen LogP contribution in [0, 0.1) is 10.1 Å². The van der Waals surface area contributed by atoms with E-state index in [-0.39, 0.29) is 0 Å². The SMILES string of the molecule is O=[N+]([O-])OC(Cc1ccccc1)c1ccccc1. The Labute approximate surface area is 105 Å². The molecule has 0 saturated heterocycles. The van der Waals surface area contributed by atoms with Gasteiger partial charge in [-0.2, -0.15) is 0 Å². The molecule has 0 bridgehead atoms. The van der Waals surface area contributed by atoms with Crippen LogP contribution in [-0.4, -0.2) is 5.09 Å². The lowest BCUT2D eigenvalue weighted by Crippen LogP contribution is -2.12. The molecule has 2 aromatic rings. The summed E-state index contributed by atoms with van der Waals surface area (Å²) in [6, 6.07) is 18.8. The second kappa shape index (κ2) is 5.82. The first-order chi connectivity index (χ1) is 8.75. The Bertz CT molecular complexity index is 499. The molecule has 92 valence electrons. The molecular formula is C14H13NO3. The number of benzene rings is 2. The van der Waals surface area contributed by atoms with E-state index in [1.807, 2.05) is 60.7 Å². The van der Waals surface area contributed by atoms with Crippen LogP contribution in [0.1, 0.15) is 17.2 Å². The van der Waals surface area contributed by atoms with Crippen molar-refractivity contribution in [1.29, 1.82) is 0 Å². The van der Waals surface area contributed by atoms with Gasteiger partial charge in [-0.15, -0.1) is 10.1 Å². The van der Waals surface area contributed by atoms with Crippen molar-refractivity contribution in [1.82, 2.24) is 0 Å². The van der Waals surface area contributed by atoms with Crippen molar-refractivity contribution in [3.63, 3.8) is 0 Å². The first-order valence-electron chi connectivity index (χ1n) is 5.66. The average Bonchev–Trinajstić information content (AvgIpc) is 2.40. The summed E-state index contributed by atoms with van der Waals surface area (Å²) in [5.74, 6) is 0. The maximum Gasteiger partial charge on any atom is 0.295 e. The fraction of sp³-hybridized carbons (Fsp3) is 0.143. The van der Waals surface area contributed by atoms with Gasteiger partial charge in [-0.25, -0.2) is 0 Å². The molecule has 0 saturated carbocycles. The van der Waals surface area contributed by atoms with Gasteiger partial charge in [0.25, 0.3) is 5.09 Å². The Hall–Kier alpha value is -2.36. The molecule has 2 aromatic carbocycles. The molecule has 0 amide bonds. The van der Waals surface area contributed by atoms with E-state index < -0.39 is 11.2 Å². The van der Waals surface area contributed by atoms with Gasteiger partial charge in [0.05, 0.1) is 0 Å². The van der Waals surface area contributed by atoms with E-state index in [1.54, 1.807) is 0 Å². The van der Waals surface area contributed by atoms with Gasteiger partial charge in [-0.3, -0.25) is 0 Å². The van der Waals surface area contributed by atoms with Crippen molar-refractivity contribution in [2.75, 3.05) is 0 Å². The van der Waals surface area contributed by atoms with E-state index in [4.69, 9.17) is 4.84 Å². The van der Waals surface area contributed by atoms with Gasteiger partial charge < -0.3 is 4.84 Å². The topological polar surface area (TPSA) is 52.4 Å². The molecule has 2 rings (SSSR count). The van der Waals surface area contributed by atoms with Gasteiger partial charge in [0.2, 0.25) is 0 Å². The van der Waals surface area contributed by atoms with Gasteiger partial charge in [0, 0.05) is 6.42 Å². The van der Waals surface area contributed by atoms with Crippen LogP contribution in [0.2, 0.25) is 0 Å². The minimum atomic E-state index is -0.736. The summed E-state index contributed by atoms with van der Waals surface area (Å²) in [4.78, 5) is 15.3. The Kier molecular flexibility index (Phi) is 3.91. The molecule has 0 aliphatic carbocycles. The maximum atomic E-state index is 10.6. The van der Waals surface area contributed by atoms with E-state index in [1.165, 1.54) is 0 Å². The number of rotatable bonds is 5. The van der Waals surface area contributed by atoms with Gasteiger partial charge in [0.1, 0.15) is 6.10 Å². The van der Waals surface area contributed by atoms with Crippen LogP contribution in [0.15, 0.2) is 60.7 Å². The third-order valence-electron chi connectivity index (χ3n) is 2.65. The molecule has 0 radical (unpaired) electrons. The number of hydrogen-bond donors (Lipinski definition) is 0. The van der Waals surface area contributed by atoms with Crippen molar-refractivity contribution in [3.05, 3.63) is 81.9 Å². The summed E-state index contributed by atoms with van der Waals surface area (Å²) >= 11 is 0. The fourth-order valence-corrected chi connectivity index (χ4v) is 1.82. The van der Waals surface area contributed by atoms with Crippen LogP contribution in [0.4, 0.5) is 0 Å². The third-order valence-corrected chi connectivity index (χ3v) is 2.65. The highest BCUT2D eigenvalue weighted by Crippen LogP contribution is 2.22. The lowest BCUT2D eigenvalue weighted by Gasteiger charge is -2.15. The van der Waals surface area contributed by atoms with Crippen LogP contribution in [-0.2, 0) is 11.3 Å². The van der Waals surface area contributed by atoms with Gasteiger partial charge >= 0.3 is 0 Å². The van der Waals surface area contributed by atoms with Gasteiger partial charge in [-0.1, -0.05) is 60.7 Å². The van der Waals surface area contributed by atoms with E-state index in [9.17, 15) is 10.1 Å². The Morgan fingerprint density at radius 3 is 2.11 bits per heavy atom. The predicted octanol–water partition coefficient (Wildman–Crippen LogP) is 3.18. The van der Waals surface area contributed by atoms with Crippen LogP contribution in [0.25, 0.3) is 0 Å². The highest BCUT2D eigenvalue weighted by Gasteiger charge is 2.16. The smallest absolute Gasteiger partial charge is 0.295 e. The van der Waals surface area contributed by atoms with Crippen molar-refractivity contribution >= 4 is 0 Å². The van der Waals surface area contributed by atoms with Crippen LogP contribution in [0.5, 0.6) is 0 Å². The lowest BCUT2D eigenvalue weighted by molar-refractivity contribution is -0.771. The standard InChI is InChI=1S/C14H13NO3/c16-15(17)18-14(13-9-5-2-6-10-13)11-12-7-3-1-4-8-12/h1-10,14H,11H2. The van der Waals surface area contributed by atoms with Crippen LogP contribution in [0.3, 0.4) is 0 Å². The van der Waals surface area contributed by atoms with E-state index >= 15 is 0 Å². The fourth-order valence-electron chi connectivity index (χ4n) is 1.82. The predicted molar refractivity (Wildman–Crippen MR) is 67.4 cm³/mol. The normalized spacial score (nSPS) is 11.8. The van der Waals surface area contributed by atoms with Crippen molar-refractivity contribution in [2.24, 2.45) is 0 Å². The first-order valence-corrected chi connectivity index (χ1v) is 5.66. The zero-order chi connectivity index (χ0) is 12.8. The molecule has 1 atom stereocenters. The molecule has 0 fully saturated rings. The summed E-state index contributed by atoms with van der Waals surface area (Å²) in [5, 5.41) is 9.82. The van der Waals surface area contributed by atoms with E-state index in [0.29, 0.717) is 6.42 Å². The molecule has 0 aliphatic heterocycles. The molecule has 18 heavy (non-hydrogen) atoms. The lowest BCUT2D eigenvalue weighted by atomic mass is 10.0. The Morgan fingerprint density at radius 1 is 1.00 bits per heavy atom. The minimum absolute atomic E-state index is 0.478. The largest absolute Gasteiger partial charge is 0.305 e. The number of nitrogens with zero attached hydrogens (tertiary/aromatic N) is 1. The summed E-state index contributed by atoms with van der Waals surface area (Å²) in [6.07, 6.45) is -0.0881. The molecule has 0 spiro atoms.